The van der Waals surface area contributed by atoms with Gasteiger partial charge in [-0.2, -0.15) is 0 Å². The topological polar surface area (TPSA) is 24.9 Å². The predicted octanol–water partition coefficient (Wildman–Crippen LogP) is 4.23. The third-order valence-corrected chi connectivity index (χ3v) is 4.80. The lowest BCUT2D eigenvalue weighted by atomic mass is 10.1. The molecular formula is C16H19FN2S. The van der Waals surface area contributed by atoms with Crippen LogP contribution in [0.3, 0.4) is 0 Å². The molecule has 0 amide bonds. The molecule has 0 aliphatic heterocycles. The van der Waals surface area contributed by atoms with E-state index in [9.17, 15) is 4.39 Å². The molecule has 0 unspecified atom stereocenters. The van der Waals surface area contributed by atoms with Crippen LogP contribution in [0.15, 0.2) is 29.6 Å². The summed E-state index contributed by atoms with van der Waals surface area (Å²) < 4.78 is 12.9. The van der Waals surface area contributed by atoms with Crippen molar-refractivity contribution in [2.45, 2.75) is 32.2 Å². The summed E-state index contributed by atoms with van der Waals surface area (Å²) in [6.45, 7) is 1.93. The number of nitrogens with zero attached hydrogens (tertiary/aromatic N) is 1. The van der Waals surface area contributed by atoms with Crippen LogP contribution < -0.4 is 5.32 Å². The molecule has 0 atom stereocenters. The SMILES string of the molecule is Fc1ccc(-c2nc(CNCC3CCCC3)cs2)cc1. The first-order chi connectivity index (χ1) is 9.81. The Morgan fingerprint density at radius 1 is 1.20 bits per heavy atom. The summed E-state index contributed by atoms with van der Waals surface area (Å²) in [6, 6.07) is 6.53. The molecule has 1 aliphatic carbocycles. The lowest BCUT2D eigenvalue weighted by Gasteiger charge is -2.08. The normalized spacial score (nSPS) is 15.8. The summed E-state index contributed by atoms with van der Waals surface area (Å²) in [5, 5.41) is 6.55. The molecule has 0 bridgehead atoms. The van der Waals surface area contributed by atoms with E-state index in [1.54, 1.807) is 23.5 Å². The molecule has 0 radical (unpaired) electrons. The monoisotopic (exact) mass is 290 g/mol. The molecule has 1 fully saturated rings. The van der Waals surface area contributed by atoms with E-state index in [2.05, 4.69) is 15.7 Å². The van der Waals surface area contributed by atoms with Gasteiger partial charge in [0, 0.05) is 17.5 Å². The van der Waals surface area contributed by atoms with Gasteiger partial charge in [0.15, 0.2) is 0 Å². The lowest BCUT2D eigenvalue weighted by Crippen LogP contribution is -2.20. The molecular weight excluding hydrogens is 271 g/mol. The highest BCUT2D eigenvalue weighted by Crippen LogP contribution is 2.25. The fraction of sp³-hybridized carbons (Fsp3) is 0.438. The highest BCUT2D eigenvalue weighted by molar-refractivity contribution is 7.13. The first kappa shape index (κ1) is 13.7. The Morgan fingerprint density at radius 2 is 1.95 bits per heavy atom. The third-order valence-electron chi connectivity index (χ3n) is 3.86. The molecule has 1 saturated carbocycles. The maximum atomic E-state index is 12.9. The van der Waals surface area contributed by atoms with Crippen molar-refractivity contribution < 1.29 is 4.39 Å². The van der Waals surface area contributed by atoms with Crippen LogP contribution in [0.25, 0.3) is 10.6 Å². The molecule has 106 valence electrons. The van der Waals surface area contributed by atoms with E-state index in [1.165, 1.54) is 37.8 Å². The van der Waals surface area contributed by atoms with Gasteiger partial charge in [-0.05, 0) is 49.6 Å². The summed E-state index contributed by atoms with van der Waals surface area (Å²) in [5.41, 5.74) is 2.06. The molecule has 1 aromatic heterocycles. The fourth-order valence-electron chi connectivity index (χ4n) is 2.73. The van der Waals surface area contributed by atoms with Crippen LogP contribution in [0, 0.1) is 11.7 Å². The number of halogens is 1. The van der Waals surface area contributed by atoms with Crippen molar-refractivity contribution in [3.8, 4) is 10.6 Å². The summed E-state index contributed by atoms with van der Waals surface area (Å²) in [5.74, 6) is 0.647. The minimum absolute atomic E-state index is 0.205. The Morgan fingerprint density at radius 3 is 2.70 bits per heavy atom. The number of benzene rings is 1. The molecule has 3 rings (SSSR count). The summed E-state index contributed by atoms with van der Waals surface area (Å²) >= 11 is 1.62. The zero-order chi connectivity index (χ0) is 13.8. The van der Waals surface area contributed by atoms with Gasteiger partial charge in [-0.1, -0.05) is 12.8 Å². The number of nitrogens with one attached hydrogen (secondary N) is 1. The van der Waals surface area contributed by atoms with Gasteiger partial charge in [0.2, 0.25) is 0 Å². The van der Waals surface area contributed by atoms with Crippen molar-refractivity contribution in [2.24, 2.45) is 5.92 Å². The van der Waals surface area contributed by atoms with Gasteiger partial charge in [-0.25, -0.2) is 9.37 Å². The second kappa shape index (κ2) is 6.46. The van der Waals surface area contributed by atoms with Gasteiger partial charge >= 0.3 is 0 Å². The summed E-state index contributed by atoms with van der Waals surface area (Å²) in [4.78, 5) is 4.61. The number of hydrogen-bond acceptors (Lipinski definition) is 3. The van der Waals surface area contributed by atoms with E-state index in [1.807, 2.05) is 0 Å². The van der Waals surface area contributed by atoms with Gasteiger partial charge in [-0.15, -0.1) is 11.3 Å². The molecule has 4 heteroatoms. The van der Waals surface area contributed by atoms with Crippen LogP contribution in [0.5, 0.6) is 0 Å². The largest absolute Gasteiger partial charge is 0.311 e. The van der Waals surface area contributed by atoms with Gasteiger partial charge < -0.3 is 5.32 Å². The molecule has 1 heterocycles. The predicted molar refractivity (Wildman–Crippen MR) is 81.2 cm³/mol. The minimum Gasteiger partial charge on any atom is -0.311 e. The van der Waals surface area contributed by atoms with E-state index in [0.717, 1.165) is 35.3 Å². The van der Waals surface area contributed by atoms with Gasteiger partial charge in [0.25, 0.3) is 0 Å². The lowest BCUT2D eigenvalue weighted by molar-refractivity contribution is 0.487. The van der Waals surface area contributed by atoms with Crippen molar-refractivity contribution in [2.75, 3.05) is 6.54 Å². The quantitative estimate of drug-likeness (QED) is 0.891. The Balaban J connectivity index is 1.55. The van der Waals surface area contributed by atoms with Crippen LogP contribution >= 0.6 is 11.3 Å². The van der Waals surface area contributed by atoms with E-state index in [-0.39, 0.29) is 5.82 Å². The standard InChI is InChI=1S/C16H19FN2S/c17-14-7-5-13(6-8-14)16-19-15(11-20-16)10-18-9-12-3-1-2-4-12/h5-8,11-12,18H,1-4,9-10H2. The van der Waals surface area contributed by atoms with Gasteiger partial charge in [0.05, 0.1) is 5.69 Å². The maximum absolute atomic E-state index is 12.9. The smallest absolute Gasteiger partial charge is 0.123 e. The average Bonchev–Trinajstić information content (AvgIpc) is 3.11. The molecule has 2 nitrogen and oxygen atoms in total. The summed E-state index contributed by atoms with van der Waals surface area (Å²) in [7, 11) is 0. The van der Waals surface area contributed by atoms with E-state index in [0.29, 0.717) is 0 Å². The number of thiazole rings is 1. The van der Waals surface area contributed by atoms with E-state index >= 15 is 0 Å². The van der Waals surface area contributed by atoms with E-state index in [4.69, 9.17) is 0 Å². The number of rotatable bonds is 5. The van der Waals surface area contributed by atoms with Crippen molar-refractivity contribution in [1.82, 2.24) is 10.3 Å². The molecule has 1 N–H and O–H groups in total. The number of aromatic nitrogens is 1. The summed E-state index contributed by atoms with van der Waals surface area (Å²) in [6.07, 6.45) is 5.51. The zero-order valence-electron chi connectivity index (χ0n) is 11.4. The Hall–Kier alpha value is -1.26. The van der Waals surface area contributed by atoms with Gasteiger partial charge in [-0.3, -0.25) is 0 Å². The maximum Gasteiger partial charge on any atom is 0.123 e. The average molecular weight is 290 g/mol. The van der Waals surface area contributed by atoms with Crippen molar-refractivity contribution in [3.05, 3.63) is 41.2 Å². The fourth-order valence-corrected chi connectivity index (χ4v) is 3.56. The first-order valence-corrected chi connectivity index (χ1v) is 8.10. The third kappa shape index (κ3) is 3.44. The molecule has 0 saturated heterocycles. The highest BCUT2D eigenvalue weighted by atomic mass is 32.1. The van der Waals surface area contributed by atoms with Crippen LogP contribution in [-0.2, 0) is 6.54 Å². The van der Waals surface area contributed by atoms with Crippen LogP contribution in [-0.4, -0.2) is 11.5 Å². The molecule has 0 spiro atoms. The number of hydrogen-bond donors (Lipinski definition) is 1. The van der Waals surface area contributed by atoms with Crippen molar-refractivity contribution in [3.63, 3.8) is 0 Å². The van der Waals surface area contributed by atoms with E-state index < -0.39 is 0 Å². The van der Waals surface area contributed by atoms with Crippen LogP contribution in [0.4, 0.5) is 4.39 Å². The first-order valence-electron chi connectivity index (χ1n) is 7.22. The highest BCUT2D eigenvalue weighted by Gasteiger charge is 2.14. The minimum atomic E-state index is -0.205. The van der Waals surface area contributed by atoms with Crippen LogP contribution in [0.1, 0.15) is 31.4 Å². The second-order valence-electron chi connectivity index (χ2n) is 5.43. The second-order valence-corrected chi connectivity index (χ2v) is 6.29. The Labute approximate surface area is 123 Å². The molecule has 20 heavy (non-hydrogen) atoms. The molecule has 1 aliphatic rings. The Kier molecular flexibility index (Phi) is 4.43. The van der Waals surface area contributed by atoms with Crippen molar-refractivity contribution >= 4 is 11.3 Å². The van der Waals surface area contributed by atoms with Gasteiger partial charge in [0.1, 0.15) is 10.8 Å². The Bertz CT molecular complexity index is 544. The van der Waals surface area contributed by atoms with Crippen molar-refractivity contribution in [1.29, 1.82) is 0 Å². The molecule has 2 aromatic rings. The molecule has 1 aromatic carbocycles. The zero-order valence-corrected chi connectivity index (χ0v) is 12.3. The van der Waals surface area contributed by atoms with Crippen LogP contribution in [0.2, 0.25) is 0 Å².